The topological polar surface area (TPSA) is 62.6 Å². The lowest BCUT2D eigenvalue weighted by molar-refractivity contribution is -0.128. The van der Waals surface area contributed by atoms with Crippen LogP contribution in [0.1, 0.15) is 35.4 Å². The van der Waals surface area contributed by atoms with E-state index in [0.29, 0.717) is 23.7 Å². The molecule has 1 fully saturated rings. The largest absolute Gasteiger partial charge is 0.459 e. The Labute approximate surface area is 151 Å². The number of hydrogen-bond donors (Lipinski definition) is 1. The van der Waals surface area contributed by atoms with Crippen LogP contribution in [-0.2, 0) is 4.79 Å². The zero-order valence-corrected chi connectivity index (χ0v) is 14.5. The summed E-state index contributed by atoms with van der Waals surface area (Å²) in [6, 6.07) is 10.4. The van der Waals surface area contributed by atoms with Gasteiger partial charge in [-0.25, -0.2) is 0 Å². The standard InChI is InChI=1S/C19H19ClN2O3/c20-15-8-3-2-7-14(15)13-16(19(24)22-10-4-1-5-11-22)21-18(23)17-9-6-12-25-17/h2-3,6-9,12-13H,1,4-5,10-11H2,(H,21,23)/b16-13+. The molecule has 3 rings (SSSR count). The quantitative estimate of drug-likeness (QED) is 0.847. The van der Waals surface area contributed by atoms with Crippen LogP contribution in [0.3, 0.4) is 0 Å². The summed E-state index contributed by atoms with van der Waals surface area (Å²) in [5, 5.41) is 3.18. The Morgan fingerprint density at radius 1 is 1.08 bits per heavy atom. The Kier molecular flexibility index (Phi) is 5.56. The van der Waals surface area contributed by atoms with Gasteiger partial charge in [-0.2, -0.15) is 0 Å². The van der Waals surface area contributed by atoms with Crippen molar-refractivity contribution in [3.8, 4) is 0 Å². The fraction of sp³-hybridized carbons (Fsp3) is 0.263. The number of piperidine rings is 1. The van der Waals surface area contributed by atoms with Crippen molar-refractivity contribution in [2.24, 2.45) is 0 Å². The highest BCUT2D eigenvalue weighted by molar-refractivity contribution is 6.32. The number of amides is 2. The van der Waals surface area contributed by atoms with Gasteiger partial charge in [0.1, 0.15) is 5.70 Å². The zero-order chi connectivity index (χ0) is 17.6. The fourth-order valence-electron chi connectivity index (χ4n) is 2.76. The maximum Gasteiger partial charge on any atom is 0.291 e. The normalized spacial score (nSPS) is 15.1. The minimum atomic E-state index is -0.464. The minimum absolute atomic E-state index is 0.150. The Morgan fingerprint density at radius 3 is 2.52 bits per heavy atom. The molecule has 0 atom stereocenters. The van der Waals surface area contributed by atoms with Crippen molar-refractivity contribution in [3.05, 3.63) is 64.7 Å². The van der Waals surface area contributed by atoms with E-state index in [2.05, 4.69) is 5.32 Å². The molecule has 5 nitrogen and oxygen atoms in total. The molecule has 1 aromatic heterocycles. The number of nitrogens with zero attached hydrogens (tertiary/aromatic N) is 1. The van der Waals surface area contributed by atoms with Crippen molar-refractivity contribution in [2.75, 3.05) is 13.1 Å². The molecule has 0 aliphatic carbocycles. The molecule has 1 N–H and O–H groups in total. The molecule has 130 valence electrons. The smallest absolute Gasteiger partial charge is 0.291 e. The van der Waals surface area contributed by atoms with E-state index < -0.39 is 5.91 Å². The summed E-state index contributed by atoms with van der Waals surface area (Å²) >= 11 is 6.19. The van der Waals surface area contributed by atoms with Gasteiger partial charge in [-0.1, -0.05) is 29.8 Å². The summed E-state index contributed by atoms with van der Waals surface area (Å²) in [5.74, 6) is -0.523. The molecular weight excluding hydrogens is 340 g/mol. The molecule has 0 bridgehead atoms. The van der Waals surface area contributed by atoms with E-state index in [1.807, 2.05) is 12.1 Å². The highest BCUT2D eigenvalue weighted by atomic mass is 35.5. The second kappa shape index (κ2) is 8.03. The first kappa shape index (κ1) is 17.3. The first-order chi connectivity index (χ1) is 12.1. The Hall–Kier alpha value is -2.53. The van der Waals surface area contributed by atoms with Crippen LogP contribution in [0.25, 0.3) is 6.08 Å². The summed E-state index contributed by atoms with van der Waals surface area (Å²) in [6.45, 7) is 1.38. The second-order valence-corrected chi connectivity index (χ2v) is 6.27. The Bertz CT molecular complexity index is 778. The van der Waals surface area contributed by atoms with Gasteiger partial charge in [0.05, 0.1) is 6.26 Å². The number of halogens is 1. The Morgan fingerprint density at radius 2 is 1.84 bits per heavy atom. The maximum atomic E-state index is 12.9. The third-order valence-corrected chi connectivity index (χ3v) is 4.42. The van der Waals surface area contributed by atoms with Crippen LogP contribution in [0.15, 0.2) is 52.8 Å². The van der Waals surface area contributed by atoms with E-state index in [0.717, 1.165) is 19.3 Å². The highest BCUT2D eigenvalue weighted by Gasteiger charge is 2.23. The monoisotopic (exact) mass is 358 g/mol. The number of benzene rings is 1. The van der Waals surface area contributed by atoms with Crippen LogP contribution < -0.4 is 5.32 Å². The number of furan rings is 1. The van der Waals surface area contributed by atoms with Crippen molar-refractivity contribution >= 4 is 29.5 Å². The van der Waals surface area contributed by atoms with Crippen LogP contribution in [0.2, 0.25) is 5.02 Å². The molecule has 25 heavy (non-hydrogen) atoms. The molecule has 1 aliphatic heterocycles. The number of likely N-dealkylation sites (tertiary alicyclic amines) is 1. The van der Waals surface area contributed by atoms with Gasteiger partial charge in [0.15, 0.2) is 5.76 Å². The Balaban J connectivity index is 1.88. The second-order valence-electron chi connectivity index (χ2n) is 5.86. The lowest BCUT2D eigenvalue weighted by Gasteiger charge is -2.27. The van der Waals surface area contributed by atoms with E-state index in [1.54, 1.807) is 35.2 Å². The summed E-state index contributed by atoms with van der Waals surface area (Å²) in [4.78, 5) is 27.0. The van der Waals surface area contributed by atoms with Gasteiger partial charge in [0, 0.05) is 18.1 Å². The molecule has 0 spiro atoms. The average molecular weight is 359 g/mol. The fourth-order valence-corrected chi connectivity index (χ4v) is 2.95. The first-order valence-electron chi connectivity index (χ1n) is 8.25. The van der Waals surface area contributed by atoms with Crippen molar-refractivity contribution in [3.63, 3.8) is 0 Å². The molecule has 1 saturated heterocycles. The van der Waals surface area contributed by atoms with Gasteiger partial charge in [-0.3, -0.25) is 9.59 Å². The summed E-state index contributed by atoms with van der Waals surface area (Å²) in [6.07, 6.45) is 6.08. The van der Waals surface area contributed by atoms with Crippen LogP contribution in [0, 0.1) is 0 Å². The van der Waals surface area contributed by atoms with Gasteiger partial charge in [-0.05, 0) is 49.1 Å². The van der Waals surface area contributed by atoms with E-state index in [4.69, 9.17) is 16.0 Å². The predicted molar refractivity (Wildman–Crippen MR) is 96.0 cm³/mol. The van der Waals surface area contributed by atoms with Gasteiger partial charge in [-0.15, -0.1) is 0 Å². The molecule has 2 amide bonds. The number of carbonyl (C=O) groups is 2. The van der Waals surface area contributed by atoms with E-state index in [-0.39, 0.29) is 17.4 Å². The van der Waals surface area contributed by atoms with Gasteiger partial charge in [0.2, 0.25) is 0 Å². The molecule has 6 heteroatoms. The minimum Gasteiger partial charge on any atom is -0.459 e. The summed E-state index contributed by atoms with van der Waals surface area (Å²) in [7, 11) is 0. The third-order valence-electron chi connectivity index (χ3n) is 4.07. The zero-order valence-electron chi connectivity index (χ0n) is 13.7. The van der Waals surface area contributed by atoms with E-state index in [9.17, 15) is 9.59 Å². The number of hydrogen-bond acceptors (Lipinski definition) is 3. The van der Waals surface area contributed by atoms with E-state index in [1.165, 1.54) is 6.26 Å². The van der Waals surface area contributed by atoms with E-state index >= 15 is 0 Å². The predicted octanol–water partition coefficient (Wildman–Crippen LogP) is 3.72. The van der Waals surface area contributed by atoms with Gasteiger partial charge >= 0.3 is 0 Å². The molecule has 2 heterocycles. The number of rotatable bonds is 4. The molecule has 2 aromatic rings. The molecule has 0 radical (unpaired) electrons. The van der Waals surface area contributed by atoms with Crippen molar-refractivity contribution in [1.29, 1.82) is 0 Å². The third kappa shape index (κ3) is 4.31. The van der Waals surface area contributed by atoms with Gasteiger partial charge < -0.3 is 14.6 Å². The van der Waals surface area contributed by atoms with Crippen LogP contribution >= 0.6 is 11.6 Å². The van der Waals surface area contributed by atoms with Crippen molar-refractivity contribution in [1.82, 2.24) is 10.2 Å². The highest BCUT2D eigenvalue weighted by Crippen LogP contribution is 2.19. The molecule has 1 aliphatic rings. The average Bonchev–Trinajstić information content (AvgIpc) is 3.18. The lowest BCUT2D eigenvalue weighted by atomic mass is 10.1. The van der Waals surface area contributed by atoms with Gasteiger partial charge in [0.25, 0.3) is 11.8 Å². The molecule has 0 saturated carbocycles. The molecule has 0 unspecified atom stereocenters. The van der Waals surface area contributed by atoms with Crippen molar-refractivity contribution in [2.45, 2.75) is 19.3 Å². The SMILES string of the molecule is O=C(N/C(=C/c1ccccc1Cl)C(=O)N1CCCCC1)c1ccco1. The van der Waals surface area contributed by atoms with Crippen LogP contribution in [0.4, 0.5) is 0 Å². The number of carbonyl (C=O) groups excluding carboxylic acids is 2. The number of nitrogens with one attached hydrogen (secondary N) is 1. The van der Waals surface area contributed by atoms with Crippen LogP contribution in [0.5, 0.6) is 0 Å². The first-order valence-corrected chi connectivity index (χ1v) is 8.63. The molecular formula is C19H19ClN2O3. The van der Waals surface area contributed by atoms with Crippen molar-refractivity contribution < 1.29 is 14.0 Å². The summed E-state index contributed by atoms with van der Waals surface area (Å²) < 4.78 is 5.11. The molecule has 1 aromatic carbocycles. The van der Waals surface area contributed by atoms with Crippen LogP contribution in [-0.4, -0.2) is 29.8 Å². The summed E-state index contributed by atoms with van der Waals surface area (Å²) in [5.41, 5.74) is 0.862. The lowest BCUT2D eigenvalue weighted by Crippen LogP contribution is -2.41. The maximum absolute atomic E-state index is 12.9.